The smallest absolute Gasteiger partial charge is 0.315 e. The highest BCUT2D eigenvalue weighted by atomic mass is 32.2. The van der Waals surface area contributed by atoms with Crippen molar-refractivity contribution in [1.29, 1.82) is 0 Å². The predicted octanol–water partition coefficient (Wildman–Crippen LogP) is 4.18. The van der Waals surface area contributed by atoms with E-state index in [1.807, 2.05) is 55.5 Å². The highest BCUT2D eigenvalue weighted by molar-refractivity contribution is 7.99. The van der Waals surface area contributed by atoms with Crippen LogP contribution in [0.25, 0.3) is 0 Å². The molecule has 2 N–H and O–H groups in total. The number of carbonyl (C=O) groups excluding carboxylic acids is 2. The first-order valence-electron chi connectivity index (χ1n) is 7.48. The van der Waals surface area contributed by atoms with Gasteiger partial charge in [-0.3, -0.25) is 14.9 Å². The van der Waals surface area contributed by atoms with Crippen LogP contribution in [0.5, 0.6) is 0 Å². The Balaban J connectivity index is 1.69. The van der Waals surface area contributed by atoms with Crippen LogP contribution >= 0.6 is 23.1 Å². The van der Waals surface area contributed by atoms with Gasteiger partial charge in [0.05, 0.1) is 11.4 Å². The molecule has 0 saturated carbocycles. The second kappa shape index (κ2) is 7.96. The lowest BCUT2D eigenvalue weighted by Gasteiger charge is -2.10. The minimum atomic E-state index is -0.742. The van der Waals surface area contributed by atoms with E-state index < -0.39 is 11.8 Å². The second-order valence-electron chi connectivity index (χ2n) is 5.11. The number of aryl methyl sites for hydroxylation is 1. The molecule has 2 aromatic carbocycles. The molecule has 7 heteroatoms. The third-order valence-corrected chi connectivity index (χ3v) is 5.11. The van der Waals surface area contributed by atoms with Gasteiger partial charge in [-0.05, 0) is 31.2 Å². The molecule has 5 nitrogen and oxygen atoms in total. The van der Waals surface area contributed by atoms with Gasteiger partial charge in [0.15, 0.2) is 5.13 Å². The van der Waals surface area contributed by atoms with Gasteiger partial charge in [-0.2, -0.15) is 0 Å². The van der Waals surface area contributed by atoms with E-state index in [4.69, 9.17) is 0 Å². The number of nitrogens with one attached hydrogen (secondary N) is 2. The zero-order valence-corrected chi connectivity index (χ0v) is 15.0. The zero-order chi connectivity index (χ0) is 17.6. The Hall–Kier alpha value is -2.64. The van der Waals surface area contributed by atoms with Crippen LogP contribution in [-0.2, 0) is 9.59 Å². The number of thiazole rings is 1. The number of amides is 2. The van der Waals surface area contributed by atoms with Gasteiger partial charge in [-0.25, -0.2) is 4.98 Å². The van der Waals surface area contributed by atoms with Crippen LogP contribution in [0.2, 0.25) is 0 Å². The number of aromatic nitrogens is 1. The molecular formula is C18H15N3O2S2. The van der Waals surface area contributed by atoms with E-state index in [9.17, 15) is 9.59 Å². The lowest BCUT2D eigenvalue weighted by molar-refractivity contribution is -0.133. The van der Waals surface area contributed by atoms with E-state index in [2.05, 4.69) is 15.6 Å². The number of benzene rings is 2. The van der Waals surface area contributed by atoms with Crippen LogP contribution in [0.3, 0.4) is 0 Å². The zero-order valence-electron chi connectivity index (χ0n) is 13.4. The van der Waals surface area contributed by atoms with Gasteiger partial charge in [0.2, 0.25) is 0 Å². The molecule has 1 aromatic heterocycles. The van der Waals surface area contributed by atoms with Gasteiger partial charge >= 0.3 is 11.8 Å². The fraction of sp³-hybridized carbons (Fsp3) is 0.0556. The molecule has 3 rings (SSSR count). The monoisotopic (exact) mass is 369 g/mol. The summed E-state index contributed by atoms with van der Waals surface area (Å²) in [5.74, 6) is -1.47. The van der Waals surface area contributed by atoms with Crippen molar-refractivity contribution in [2.75, 3.05) is 10.6 Å². The fourth-order valence-electron chi connectivity index (χ4n) is 2.02. The molecule has 0 unspecified atom stereocenters. The molecule has 3 aromatic rings. The number of anilines is 2. The summed E-state index contributed by atoms with van der Waals surface area (Å²) in [7, 11) is 0. The van der Waals surface area contributed by atoms with Crippen molar-refractivity contribution < 1.29 is 9.59 Å². The Morgan fingerprint density at radius 2 is 1.64 bits per heavy atom. The maximum absolute atomic E-state index is 12.2. The Labute approximate surface area is 153 Å². The molecule has 1 heterocycles. The van der Waals surface area contributed by atoms with Gasteiger partial charge in [0.1, 0.15) is 0 Å². The molecule has 0 atom stereocenters. The lowest BCUT2D eigenvalue weighted by Crippen LogP contribution is -2.29. The summed E-state index contributed by atoms with van der Waals surface area (Å²) < 4.78 is 0. The minimum Gasteiger partial charge on any atom is -0.317 e. The fourth-order valence-corrected chi connectivity index (χ4v) is 3.62. The molecule has 0 aliphatic heterocycles. The molecule has 0 aliphatic rings. The Kier molecular flexibility index (Phi) is 5.47. The van der Waals surface area contributed by atoms with Gasteiger partial charge in [-0.15, -0.1) is 11.3 Å². The van der Waals surface area contributed by atoms with Crippen LogP contribution in [0.4, 0.5) is 10.8 Å². The van der Waals surface area contributed by atoms with E-state index >= 15 is 0 Å². The minimum absolute atomic E-state index is 0.407. The first-order valence-corrected chi connectivity index (χ1v) is 9.18. The van der Waals surface area contributed by atoms with Crippen LogP contribution < -0.4 is 10.6 Å². The summed E-state index contributed by atoms with van der Waals surface area (Å²) in [5.41, 5.74) is 1.39. The number of para-hydroxylation sites is 1. The standard InChI is InChI=1S/C18H15N3O2S2/c1-12-11-24-18(19-12)21-17(23)16(22)20-14-9-5-6-10-15(14)25-13-7-3-2-4-8-13/h2-11H,1H3,(H,20,22)(H,19,21,23). The third kappa shape index (κ3) is 4.68. The molecule has 0 radical (unpaired) electrons. The normalized spacial score (nSPS) is 10.3. The number of nitrogens with zero attached hydrogens (tertiary/aromatic N) is 1. The first-order chi connectivity index (χ1) is 12.1. The maximum atomic E-state index is 12.2. The van der Waals surface area contributed by atoms with E-state index in [1.54, 1.807) is 11.4 Å². The molecule has 0 saturated heterocycles. The molecule has 0 fully saturated rings. The Morgan fingerprint density at radius 1 is 0.960 bits per heavy atom. The highest BCUT2D eigenvalue weighted by Gasteiger charge is 2.17. The molecule has 0 aliphatic carbocycles. The number of rotatable bonds is 4. The lowest BCUT2D eigenvalue weighted by atomic mass is 10.3. The Bertz CT molecular complexity index is 894. The molecule has 25 heavy (non-hydrogen) atoms. The van der Waals surface area contributed by atoms with E-state index in [-0.39, 0.29) is 0 Å². The van der Waals surface area contributed by atoms with Crippen LogP contribution in [0.1, 0.15) is 5.69 Å². The highest BCUT2D eigenvalue weighted by Crippen LogP contribution is 2.33. The predicted molar refractivity (Wildman–Crippen MR) is 101 cm³/mol. The summed E-state index contributed by atoms with van der Waals surface area (Å²) in [4.78, 5) is 30.2. The van der Waals surface area contributed by atoms with E-state index in [1.165, 1.54) is 23.1 Å². The van der Waals surface area contributed by atoms with Crippen molar-refractivity contribution in [3.8, 4) is 0 Å². The molecule has 126 valence electrons. The quantitative estimate of drug-likeness (QED) is 0.677. The van der Waals surface area contributed by atoms with Crippen molar-refractivity contribution in [1.82, 2.24) is 4.98 Å². The number of hydrogen-bond donors (Lipinski definition) is 2. The summed E-state index contributed by atoms with van der Waals surface area (Å²) >= 11 is 2.80. The SMILES string of the molecule is Cc1csc(NC(=O)C(=O)Nc2ccccc2Sc2ccccc2)n1. The largest absolute Gasteiger partial charge is 0.317 e. The van der Waals surface area contributed by atoms with Crippen LogP contribution in [-0.4, -0.2) is 16.8 Å². The average molecular weight is 369 g/mol. The molecular weight excluding hydrogens is 354 g/mol. The Morgan fingerprint density at radius 3 is 2.36 bits per heavy atom. The van der Waals surface area contributed by atoms with Crippen molar-refractivity contribution >= 4 is 45.7 Å². The van der Waals surface area contributed by atoms with Crippen molar-refractivity contribution in [3.63, 3.8) is 0 Å². The summed E-state index contributed by atoms with van der Waals surface area (Å²) in [6.45, 7) is 1.82. The van der Waals surface area contributed by atoms with E-state index in [0.717, 1.165) is 15.5 Å². The number of carbonyl (C=O) groups is 2. The molecule has 2 amide bonds. The molecule has 0 spiro atoms. The van der Waals surface area contributed by atoms with Crippen molar-refractivity contribution in [2.24, 2.45) is 0 Å². The average Bonchev–Trinajstić information content (AvgIpc) is 3.02. The van der Waals surface area contributed by atoms with Crippen LogP contribution in [0, 0.1) is 6.92 Å². The van der Waals surface area contributed by atoms with Gasteiger partial charge in [0.25, 0.3) is 0 Å². The van der Waals surface area contributed by atoms with Gasteiger partial charge in [-0.1, -0.05) is 42.1 Å². The summed E-state index contributed by atoms with van der Waals surface area (Å²) in [6.07, 6.45) is 0. The second-order valence-corrected chi connectivity index (χ2v) is 7.09. The van der Waals surface area contributed by atoms with Gasteiger partial charge < -0.3 is 5.32 Å². The van der Waals surface area contributed by atoms with Crippen molar-refractivity contribution in [3.05, 3.63) is 65.7 Å². The van der Waals surface area contributed by atoms with Crippen molar-refractivity contribution in [2.45, 2.75) is 16.7 Å². The van der Waals surface area contributed by atoms with Gasteiger partial charge in [0, 0.05) is 15.2 Å². The summed E-state index contributed by atoms with van der Waals surface area (Å²) in [5, 5.41) is 7.38. The molecule has 0 bridgehead atoms. The number of hydrogen-bond acceptors (Lipinski definition) is 5. The van der Waals surface area contributed by atoms with E-state index in [0.29, 0.717) is 10.8 Å². The maximum Gasteiger partial charge on any atom is 0.315 e. The summed E-state index contributed by atoms with van der Waals surface area (Å²) in [6, 6.07) is 17.2. The topological polar surface area (TPSA) is 71.1 Å². The third-order valence-electron chi connectivity index (χ3n) is 3.15. The van der Waals surface area contributed by atoms with Crippen LogP contribution in [0.15, 0.2) is 69.8 Å². The first kappa shape index (κ1) is 17.2.